The first-order valence-electron chi connectivity index (χ1n) is 4.72. The van der Waals surface area contributed by atoms with Gasteiger partial charge in [0, 0.05) is 19.2 Å². The third-order valence-electron chi connectivity index (χ3n) is 1.81. The van der Waals surface area contributed by atoms with Crippen LogP contribution >= 0.6 is 11.6 Å². The lowest BCUT2D eigenvalue weighted by Gasteiger charge is -2.06. The van der Waals surface area contributed by atoms with Crippen molar-refractivity contribution in [1.82, 2.24) is 4.98 Å². The summed E-state index contributed by atoms with van der Waals surface area (Å²) >= 11 is 5.57. The van der Waals surface area contributed by atoms with E-state index in [0.717, 1.165) is 5.56 Å². The second kappa shape index (κ2) is 6.06. The molecule has 0 saturated heterocycles. The van der Waals surface area contributed by atoms with Crippen molar-refractivity contribution in [3.63, 3.8) is 0 Å². The van der Waals surface area contributed by atoms with Gasteiger partial charge in [0.2, 0.25) is 0 Å². The molecule has 6 heteroatoms. The average Bonchev–Trinajstić information content (AvgIpc) is 2.19. The van der Waals surface area contributed by atoms with Gasteiger partial charge in [-0.25, -0.2) is 4.98 Å². The third kappa shape index (κ3) is 5.92. The van der Waals surface area contributed by atoms with Crippen molar-refractivity contribution in [2.24, 2.45) is 0 Å². The van der Waals surface area contributed by atoms with Gasteiger partial charge in [0.1, 0.15) is 5.15 Å². The number of aromatic nitrogens is 1. The average molecular weight is 254 g/mol. The summed E-state index contributed by atoms with van der Waals surface area (Å²) in [5.74, 6) is 0. The number of nitrogens with zero attached hydrogens (tertiary/aromatic N) is 1. The molecule has 0 saturated carbocycles. The zero-order chi connectivity index (χ0) is 12.0. The molecule has 1 aromatic rings. The Kier molecular flexibility index (Phi) is 5.02. The summed E-state index contributed by atoms with van der Waals surface area (Å²) in [6.45, 7) is 0.337. The minimum atomic E-state index is -4.11. The molecule has 0 aromatic carbocycles. The van der Waals surface area contributed by atoms with Gasteiger partial charge in [0.25, 0.3) is 0 Å². The minimum absolute atomic E-state index is 0.0233. The van der Waals surface area contributed by atoms with Crippen LogP contribution in [-0.4, -0.2) is 17.8 Å². The van der Waals surface area contributed by atoms with Crippen LogP contribution in [0.5, 0.6) is 0 Å². The first-order valence-corrected chi connectivity index (χ1v) is 5.10. The van der Waals surface area contributed by atoms with Crippen molar-refractivity contribution in [3.05, 3.63) is 29.0 Å². The molecule has 0 unspecified atom stereocenters. The van der Waals surface area contributed by atoms with E-state index in [1.54, 1.807) is 12.1 Å². The Morgan fingerprint density at radius 2 is 2.06 bits per heavy atom. The molecule has 0 bridgehead atoms. The van der Waals surface area contributed by atoms with Gasteiger partial charge in [-0.1, -0.05) is 17.7 Å². The number of ether oxygens (including phenoxy) is 1. The highest BCUT2D eigenvalue weighted by atomic mass is 35.5. The molecule has 1 aromatic heterocycles. The molecular weight excluding hydrogens is 243 g/mol. The molecule has 0 radical (unpaired) electrons. The molecule has 2 nitrogen and oxygen atoms in total. The Morgan fingerprint density at radius 1 is 1.31 bits per heavy atom. The highest BCUT2D eigenvalue weighted by Crippen LogP contribution is 2.21. The second-order valence-corrected chi connectivity index (χ2v) is 3.65. The van der Waals surface area contributed by atoms with E-state index in [2.05, 4.69) is 4.98 Å². The summed E-state index contributed by atoms with van der Waals surface area (Å²) in [6.07, 6.45) is -3.41. The van der Waals surface area contributed by atoms with Gasteiger partial charge in [0.15, 0.2) is 0 Å². The molecule has 1 rings (SSSR count). The zero-order valence-corrected chi connectivity index (χ0v) is 9.18. The molecule has 0 spiro atoms. The second-order valence-electron chi connectivity index (χ2n) is 3.26. The predicted octanol–water partition coefficient (Wildman–Crippen LogP) is 3.59. The number of halogens is 4. The fourth-order valence-corrected chi connectivity index (χ4v) is 1.17. The smallest absolute Gasteiger partial charge is 0.377 e. The van der Waals surface area contributed by atoms with Gasteiger partial charge >= 0.3 is 6.18 Å². The summed E-state index contributed by atoms with van der Waals surface area (Å²) in [6, 6.07) is 3.33. The normalized spacial score (nSPS) is 11.8. The number of hydrogen-bond donors (Lipinski definition) is 0. The van der Waals surface area contributed by atoms with Gasteiger partial charge in [-0.15, -0.1) is 0 Å². The minimum Gasteiger partial charge on any atom is -0.377 e. The van der Waals surface area contributed by atoms with E-state index >= 15 is 0 Å². The van der Waals surface area contributed by atoms with E-state index in [4.69, 9.17) is 16.3 Å². The third-order valence-corrected chi connectivity index (χ3v) is 2.03. The molecule has 16 heavy (non-hydrogen) atoms. The van der Waals surface area contributed by atoms with Crippen molar-refractivity contribution in [2.75, 3.05) is 6.61 Å². The highest BCUT2D eigenvalue weighted by Gasteiger charge is 2.25. The summed E-state index contributed by atoms with van der Waals surface area (Å²) in [5, 5.41) is 0.376. The van der Waals surface area contributed by atoms with Gasteiger partial charge in [0.05, 0.1) is 6.61 Å². The molecular formula is C10H11ClF3NO. The zero-order valence-electron chi connectivity index (χ0n) is 8.43. The lowest BCUT2D eigenvalue weighted by Crippen LogP contribution is -2.08. The number of pyridine rings is 1. The molecule has 0 fully saturated rings. The van der Waals surface area contributed by atoms with Crippen molar-refractivity contribution >= 4 is 11.6 Å². The van der Waals surface area contributed by atoms with Crippen molar-refractivity contribution in [1.29, 1.82) is 0 Å². The maximum Gasteiger partial charge on any atom is 0.389 e. The summed E-state index contributed by atoms with van der Waals surface area (Å²) < 4.78 is 40.4. The predicted molar refractivity (Wildman–Crippen MR) is 54.2 cm³/mol. The van der Waals surface area contributed by atoms with Crippen LogP contribution in [0.15, 0.2) is 18.3 Å². The van der Waals surface area contributed by atoms with Crippen LogP contribution in [0.4, 0.5) is 13.2 Å². The lowest BCUT2D eigenvalue weighted by molar-refractivity contribution is -0.138. The SMILES string of the molecule is FC(F)(F)CCCOCc1ccc(Cl)nc1. The standard InChI is InChI=1S/C10H11ClF3NO/c11-9-3-2-8(6-15-9)7-16-5-1-4-10(12,13)14/h2-3,6H,1,4-5,7H2. The molecule has 0 aliphatic heterocycles. The Bertz CT molecular complexity index is 313. The van der Waals surface area contributed by atoms with Crippen LogP contribution in [-0.2, 0) is 11.3 Å². The van der Waals surface area contributed by atoms with Crippen molar-refractivity contribution in [3.8, 4) is 0 Å². The van der Waals surface area contributed by atoms with E-state index in [1.165, 1.54) is 6.20 Å². The van der Waals surface area contributed by atoms with Crippen LogP contribution in [0, 0.1) is 0 Å². The molecule has 0 amide bonds. The Morgan fingerprint density at radius 3 is 2.62 bits per heavy atom. The van der Waals surface area contributed by atoms with Gasteiger partial charge in [-0.2, -0.15) is 13.2 Å². The van der Waals surface area contributed by atoms with Crippen LogP contribution in [0.2, 0.25) is 5.15 Å². The summed E-state index contributed by atoms with van der Waals surface area (Å²) in [5.41, 5.74) is 0.788. The van der Waals surface area contributed by atoms with Crippen LogP contribution in [0.25, 0.3) is 0 Å². The van der Waals surface area contributed by atoms with E-state index in [0.29, 0.717) is 5.15 Å². The number of alkyl halides is 3. The molecule has 0 N–H and O–H groups in total. The maximum atomic E-state index is 11.8. The first kappa shape index (κ1) is 13.3. The van der Waals surface area contributed by atoms with E-state index in [1.807, 2.05) is 0 Å². The lowest BCUT2D eigenvalue weighted by atomic mass is 10.3. The fourth-order valence-electron chi connectivity index (χ4n) is 1.06. The quantitative estimate of drug-likeness (QED) is 0.591. The summed E-state index contributed by atoms with van der Waals surface area (Å²) in [7, 11) is 0. The number of rotatable bonds is 5. The van der Waals surface area contributed by atoms with Gasteiger partial charge in [-0.05, 0) is 18.1 Å². The molecule has 90 valence electrons. The topological polar surface area (TPSA) is 22.1 Å². The van der Waals surface area contributed by atoms with E-state index < -0.39 is 12.6 Å². The molecule has 0 aliphatic carbocycles. The van der Waals surface area contributed by atoms with Gasteiger partial charge < -0.3 is 4.74 Å². The van der Waals surface area contributed by atoms with Crippen LogP contribution in [0.1, 0.15) is 18.4 Å². The van der Waals surface area contributed by atoms with Gasteiger partial charge in [-0.3, -0.25) is 0 Å². The Hall–Kier alpha value is -0.810. The largest absolute Gasteiger partial charge is 0.389 e. The van der Waals surface area contributed by atoms with Crippen molar-refractivity contribution < 1.29 is 17.9 Å². The van der Waals surface area contributed by atoms with E-state index in [-0.39, 0.29) is 19.6 Å². The van der Waals surface area contributed by atoms with Crippen molar-refractivity contribution in [2.45, 2.75) is 25.6 Å². The maximum absolute atomic E-state index is 11.8. The molecule has 0 atom stereocenters. The monoisotopic (exact) mass is 253 g/mol. The fraction of sp³-hybridized carbons (Fsp3) is 0.500. The molecule has 0 aliphatic rings. The Balaban J connectivity index is 2.14. The van der Waals surface area contributed by atoms with Crippen LogP contribution < -0.4 is 0 Å². The van der Waals surface area contributed by atoms with Crippen LogP contribution in [0.3, 0.4) is 0 Å². The molecule has 1 heterocycles. The van der Waals surface area contributed by atoms with E-state index in [9.17, 15) is 13.2 Å². The Labute approximate surface area is 96.4 Å². The highest BCUT2D eigenvalue weighted by molar-refractivity contribution is 6.29. The summed E-state index contributed by atoms with van der Waals surface area (Å²) in [4.78, 5) is 3.82. The first-order chi connectivity index (χ1) is 7.47. The number of hydrogen-bond acceptors (Lipinski definition) is 2.